The van der Waals surface area contributed by atoms with Gasteiger partial charge in [0, 0.05) is 22.1 Å². The number of hydrogen-bond acceptors (Lipinski definition) is 1. The lowest BCUT2D eigenvalue weighted by molar-refractivity contribution is 0.414. The van der Waals surface area contributed by atoms with Gasteiger partial charge in [0.2, 0.25) is 0 Å². The monoisotopic (exact) mass is 476 g/mol. The van der Waals surface area contributed by atoms with Crippen LogP contribution in [0.4, 0.5) is 0 Å². The third kappa shape index (κ3) is 3.84. The first kappa shape index (κ1) is 22.1. The van der Waals surface area contributed by atoms with Gasteiger partial charge < -0.3 is 4.74 Å². The molecule has 0 radical (unpaired) electrons. The SMILES string of the molecule is CC(C)(C)c1cc(Br)c2c(c1)C(C)(C)c1cc(C(C)(C)C)cc(-c3ccccc3)c1O2. The normalized spacial score (nSPS) is 15.1. The van der Waals surface area contributed by atoms with Crippen LogP contribution in [-0.2, 0) is 16.2 Å². The highest BCUT2D eigenvalue weighted by Crippen LogP contribution is 2.55. The van der Waals surface area contributed by atoms with Crippen molar-refractivity contribution in [3.05, 3.63) is 81.3 Å². The largest absolute Gasteiger partial charge is 0.455 e. The van der Waals surface area contributed by atoms with Crippen LogP contribution in [0.2, 0.25) is 0 Å². The Labute approximate surface area is 196 Å². The third-order valence-electron chi connectivity index (χ3n) is 6.50. The van der Waals surface area contributed by atoms with Crippen LogP contribution in [-0.4, -0.2) is 0 Å². The van der Waals surface area contributed by atoms with E-state index in [1.54, 1.807) is 0 Å². The first-order chi connectivity index (χ1) is 14.3. The van der Waals surface area contributed by atoms with Crippen molar-refractivity contribution in [2.75, 3.05) is 0 Å². The van der Waals surface area contributed by atoms with Gasteiger partial charge in [-0.25, -0.2) is 0 Å². The van der Waals surface area contributed by atoms with E-state index in [9.17, 15) is 0 Å². The van der Waals surface area contributed by atoms with Crippen LogP contribution in [0.25, 0.3) is 11.1 Å². The summed E-state index contributed by atoms with van der Waals surface area (Å²) in [6.45, 7) is 18.3. The fourth-order valence-electron chi connectivity index (χ4n) is 4.31. The molecule has 0 N–H and O–H groups in total. The minimum Gasteiger partial charge on any atom is -0.455 e. The molecule has 1 aliphatic heterocycles. The van der Waals surface area contributed by atoms with Crippen LogP contribution in [0.15, 0.2) is 59.1 Å². The number of fused-ring (bicyclic) bond motifs is 2. The second-order valence-electron chi connectivity index (χ2n) is 11.3. The third-order valence-corrected chi connectivity index (χ3v) is 7.09. The predicted molar refractivity (Wildman–Crippen MR) is 136 cm³/mol. The first-order valence-electron chi connectivity index (χ1n) is 11.1. The fourth-order valence-corrected chi connectivity index (χ4v) is 4.85. The van der Waals surface area contributed by atoms with Gasteiger partial charge in [-0.15, -0.1) is 0 Å². The Kier molecular flexibility index (Phi) is 5.17. The minimum absolute atomic E-state index is 0.0444. The van der Waals surface area contributed by atoms with Gasteiger partial charge in [-0.2, -0.15) is 0 Å². The number of rotatable bonds is 1. The maximum Gasteiger partial charge on any atom is 0.145 e. The Morgan fingerprint density at radius 3 is 1.77 bits per heavy atom. The average molecular weight is 477 g/mol. The van der Waals surface area contributed by atoms with Gasteiger partial charge >= 0.3 is 0 Å². The zero-order chi connectivity index (χ0) is 22.8. The quantitative estimate of drug-likeness (QED) is 0.340. The van der Waals surface area contributed by atoms with Crippen LogP contribution in [0.3, 0.4) is 0 Å². The van der Waals surface area contributed by atoms with Crippen LogP contribution in [0.1, 0.15) is 77.6 Å². The summed E-state index contributed by atoms with van der Waals surface area (Å²) in [5.74, 6) is 1.91. The van der Waals surface area contributed by atoms with Gasteiger partial charge in [0.25, 0.3) is 0 Å². The molecule has 0 saturated heterocycles. The van der Waals surface area contributed by atoms with E-state index in [4.69, 9.17) is 4.74 Å². The summed E-state index contributed by atoms with van der Waals surface area (Å²) in [7, 11) is 0. The fraction of sp³-hybridized carbons (Fsp3) is 0.379. The molecule has 162 valence electrons. The smallest absolute Gasteiger partial charge is 0.145 e. The van der Waals surface area contributed by atoms with E-state index in [2.05, 4.69) is 126 Å². The molecule has 0 spiro atoms. The highest BCUT2D eigenvalue weighted by molar-refractivity contribution is 9.10. The van der Waals surface area contributed by atoms with Crippen molar-refractivity contribution in [3.63, 3.8) is 0 Å². The Balaban J connectivity index is 2.04. The van der Waals surface area contributed by atoms with Crippen molar-refractivity contribution < 1.29 is 4.74 Å². The highest BCUT2D eigenvalue weighted by Gasteiger charge is 2.39. The van der Waals surface area contributed by atoms with Crippen molar-refractivity contribution in [2.24, 2.45) is 0 Å². The molecule has 0 aliphatic carbocycles. The number of benzene rings is 3. The highest BCUT2D eigenvalue weighted by atomic mass is 79.9. The van der Waals surface area contributed by atoms with Crippen LogP contribution in [0, 0.1) is 0 Å². The van der Waals surface area contributed by atoms with Crippen molar-refractivity contribution in [1.29, 1.82) is 0 Å². The zero-order valence-electron chi connectivity index (χ0n) is 20.0. The Hall–Kier alpha value is -2.06. The van der Waals surface area contributed by atoms with Crippen LogP contribution < -0.4 is 4.74 Å². The van der Waals surface area contributed by atoms with E-state index in [0.29, 0.717) is 0 Å². The molecule has 1 heterocycles. The average Bonchev–Trinajstić information content (AvgIpc) is 2.67. The molecule has 0 amide bonds. The summed E-state index contributed by atoms with van der Waals surface area (Å²) < 4.78 is 7.74. The lowest BCUT2D eigenvalue weighted by Gasteiger charge is -2.38. The summed E-state index contributed by atoms with van der Waals surface area (Å²) in [6.07, 6.45) is 0. The van der Waals surface area contributed by atoms with E-state index < -0.39 is 0 Å². The standard InChI is InChI=1S/C29H33BrO/c1-27(2,3)19-14-21(18-12-10-9-11-13-18)25-22(15-19)29(7,8)23-16-20(28(4,5)6)17-24(30)26(23)31-25/h9-17H,1-8H3. The van der Waals surface area contributed by atoms with Crippen LogP contribution >= 0.6 is 15.9 Å². The molecular weight excluding hydrogens is 444 g/mol. The maximum absolute atomic E-state index is 6.72. The summed E-state index contributed by atoms with van der Waals surface area (Å²) in [4.78, 5) is 0. The lowest BCUT2D eigenvalue weighted by atomic mass is 9.71. The summed E-state index contributed by atoms with van der Waals surface area (Å²) in [5, 5.41) is 0. The van der Waals surface area contributed by atoms with E-state index in [1.807, 2.05) is 0 Å². The molecule has 0 saturated carbocycles. The van der Waals surface area contributed by atoms with E-state index >= 15 is 0 Å². The molecule has 31 heavy (non-hydrogen) atoms. The Morgan fingerprint density at radius 1 is 0.710 bits per heavy atom. The van der Waals surface area contributed by atoms with Gasteiger partial charge in [0.1, 0.15) is 11.5 Å². The molecule has 1 nitrogen and oxygen atoms in total. The van der Waals surface area contributed by atoms with Crippen molar-refractivity contribution in [3.8, 4) is 22.6 Å². The first-order valence-corrected chi connectivity index (χ1v) is 11.9. The van der Waals surface area contributed by atoms with Gasteiger partial charge in [-0.1, -0.05) is 97.9 Å². The maximum atomic E-state index is 6.72. The van der Waals surface area contributed by atoms with Crippen molar-refractivity contribution >= 4 is 15.9 Å². The molecule has 3 aromatic carbocycles. The molecule has 0 atom stereocenters. The van der Waals surface area contributed by atoms with E-state index in [1.165, 1.54) is 27.8 Å². The molecule has 2 heteroatoms. The van der Waals surface area contributed by atoms with Gasteiger partial charge in [0.15, 0.2) is 0 Å². The molecule has 0 aromatic heterocycles. The molecule has 0 unspecified atom stereocenters. The number of hydrogen-bond donors (Lipinski definition) is 0. The Bertz CT molecular complexity index is 1140. The molecule has 3 aromatic rings. The van der Waals surface area contributed by atoms with Crippen molar-refractivity contribution in [1.82, 2.24) is 0 Å². The van der Waals surface area contributed by atoms with Gasteiger partial charge in [-0.3, -0.25) is 0 Å². The van der Waals surface area contributed by atoms with Gasteiger partial charge in [0.05, 0.1) is 4.47 Å². The topological polar surface area (TPSA) is 9.23 Å². The molecule has 1 aliphatic rings. The zero-order valence-corrected chi connectivity index (χ0v) is 21.6. The molecular formula is C29H33BrO. The van der Waals surface area contributed by atoms with Crippen LogP contribution in [0.5, 0.6) is 11.5 Å². The predicted octanol–water partition coefficient (Wildman–Crippen LogP) is 9.14. The van der Waals surface area contributed by atoms with Crippen molar-refractivity contribution in [2.45, 2.75) is 71.6 Å². The molecule has 0 bridgehead atoms. The second-order valence-corrected chi connectivity index (χ2v) is 12.2. The Morgan fingerprint density at radius 2 is 1.23 bits per heavy atom. The number of halogens is 1. The second kappa shape index (κ2) is 7.24. The summed E-state index contributed by atoms with van der Waals surface area (Å²) in [5.41, 5.74) is 7.41. The molecule has 4 rings (SSSR count). The molecule has 0 fully saturated rings. The van der Waals surface area contributed by atoms with E-state index in [-0.39, 0.29) is 16.2 Å². The summed E-state index contributed by atoms with van der Waals surface area (Å²) in [6, 6.07) is 19.8. The summed E-state index contributed by atoms with van der Waals surface area (Å²) >= 11 is 3.83. The lowest BCUT2D eigenvalue weighted by Crippen LogP contribution is -2.27. The van der Waals surface area contributed by atoms with Gasteiger partial charge in [-0.05, 0) is 55.6 Å². The van der Waals surface area contributed by atoms with E-state index in [0.717, 1.165) is 21.5 Å². The minimum atomic E-state index is -0.183. The number of ether oxygens (including phenoxy) is 1.